The lowest BCUT2D eigenvalue weighted by Gasteiger charge is -2.33. The van der Waals surface area contributed by atoms with E-state index in [4.69, 9.17) is 0 Å². The van der Waals surface area contributed by atoms with Gasteiger partial charge in [-0.2, -0.15) is 0 Å². The number of hydrogen-bond donors (Lipinski definition) is 0. The Morgan fingerprint density at radius 3 is 1.23 bits per heavy atom. The summed E-state index contributed by atoms with van der Waals surface area (Å²) >= 11 is 0.912. The van der Waals surface area contributed by atoms with Crippen LogP contribution in [0, 0.1) is 20.2 Å². The molecular formula is C46H48N6O8S. The summed E-state index contributed by atoms with van der Waals surface area (Å²) < 4.78 is 0. The predicted molar refractivity (Wildman–Crippen MR) is 236 cm³/mol. The summed E-state index contributed by atoms with van der Waals surface area (Å²) in [5.74, 6) is -0.698. The molecule has 6 rings (SSSR count). The van der Waals surface area contributed by atoms with Gasteiger partial charge in [0.15, 0.2) is 0 Å². The van der Waals surface area contributed by atoms with Crippen LogP contribution in [0.4, 0.5) is 11.4 Å². The highest BCUT2D eigenvalue weighted by Gasteiger charge is 2.31. The summed E-state index contributed by atoms with van der Waals surface area (Å²) in [6, 6.07) is 21.1. The smallest absolute Gasteiger partial charge is 0.291 e. The molecule has 61 heavy (non-hydrogen) atoms. The second-order valence-electron chi connectivity index (χ2n) is 14.7. The third kappa shape index (κ3) is 9.89. The molecule has 316 valence electrons. The first-order valence-electron chi connectivity index (χ1n) is 20.2. The Hall–Kier alpha value is -6.61. The summed E-state index contributed by atoms with van der Waals surface area (Å²) in [4.78, 5) is 82.9. The molecule has 0 atom stereocenters. The lowest BCUT2D eigenvalue weighted by Crippen LogP contribution is -2.49. The molecule has 2 aliphatic heterocycles. The average Bonchev–Trinajstić information content (AvgIpc) is 3.27. The fourth-order valence-electron chi connectivity index (χ4n) is 7.83. The minimum Gasteiger partial charge on any atom is -0.339 e. The Morgan fingerprint density at radius 1 is 0.557 bits per heavy atom. The molecule has 4 aromatic rings. The maximum absolute atomic E-state index is 13.4. The van der Waals surface area contributed by atoms with E-state index in [0.717, 1.165) is 22.9 Å². The van der Waals surface area contributed by atoms with Gasteiger partial charge in [-0.15, -0.1) is 0 Å². The zero-order valence-corrected chi connectivity index (χ0v) is 35.5. The number of amides is 4. The molecule has 2 aliphatic rings. The number of carbonyl (C=O) groups is 4. The van der Waals surface area contributed by atoms with Crippen molar-refractivity contribution in [2.24, 2.45) is 0 Å². The van der Waals surface area contributed by atoms with Crippen molar-refractivity contribution in [3.05, 3.63) is 127 Å². The van der Waals surface area contributed by atoms with Crippen LogP contribution in [-0.2, 0) is 32.0 Å². The number of hydrogen-bond acceptors (Lipinski definition) is 9. The molecule has 4 aromatic carbocycles. The number of carbonyl (C=O) groups excluding carboxylic acids is 4. The minimum absolute atomic E-state index is 0.0584. The Bertz CT molecular complexity index is 2270. The summed E-state index contributed by atoms with van der Waals surface area (Å²) in [7, 11) is 0. The Balaban J connectivity index is 1.45. The Labute approximate surface area is 358 Å². The van der Waals surface area contributed by atoms with Gasteiger partial charge in [-0.05, 0) is 70.5 Å². The van der Waals surface area contributed by atoms with Crippen LogP contribution in [0.15, 0.2) is 94.7 Å². The maximum Gasteiger partial charge on any atom is 0.291 e. The maximum atomic E-state index is 13.4. The molecule has 0 unspecified atom stereocenters. The van der Waals surface area contributed by atoms with Gasteiger partial charge in [-0.1, -0.05) is 86.3 Å². The molecule has 0 aromatic heterocycles. The van der Waals surface area contributed by atoms with Gasteiger partial charge in [0.2, 0.25) is 23.6 Å². The van der Waals surface area contributed by atoms with E-state index in [1.54, 1.807) is 80.3 Å². The van der Waals surface area contributed by atoms with Crippen molar-refractivity contribution >= 4 is 58.9 Å². The zero-order chi connectivity index (χ0) is 43.8. The molecule has 2 fully saturated rings. The average molecular weight is 845 g/mol. The van der Waals surface area contributed by atoms with Gasteiger partial charge in [0.1, 0.15) is 0 Å². The number of benzene rings is 4. The topological polar surface area (TPSA) is 168 Å². The lowest BCUT2D eigenvalue weighted by atomic mass is 9.92. The van der Waals surface area contributed by atoms with E-state index < -0.39 is 9.85 Å². The fourth-order valence-corrected chi connectivity index (χ4v) is 8.88. The largest absolute Gasteiger partial charge is 0.339 e. The number of nitro groups is 2. The van der Waals surface area contributed by atoms with Gasteiger partial charge in [-0.25, -0.2) is 0 Å². The van der Waals surface area contributed by atoms with E-state index in [2.05, 4.69) is 0 Å². The number of nitro benzene ring substituents is 2. The molecule has 0 bridgehead atoms. The summed E-state index contributed by atoms with van der Waals surface area (Å²) in [6.45, 7) is 9.96. The van der Waals surface area contributed by atoms with Crippen LogP contribution in [0.3, 0.4) is 0 Å². The molecule has 0 spiro atoms. The van der Waals surface area contributed by atoms with Crippen LogP contribution in [0.25, 0.3) is 34.4 Å². The van der Waals surface area contributed by atoms with Crippen molar-refractivity contribution in [2.45, 2.75) is 50.3 Å². The van der Waals surface area contributed by atoms with Gasteiger partial charge >= 0.3 is 0 Å². The third-order valence-electron chi connectivity index (χ3n) is 11.2. The van der Waals surface area contributed by atoms with Crippen molar-refractivity contribution in [3.8, 4) is 22.3 Å². The first-order chi connectivity index (χ1) is 29.3. The summed E-state index contributed by atoms with van der Waals surface area (Å²) in [6.07, 6.45) is 7.03. The highest BCUT2D eigenvalue weighted by molar-refractivity contribution is 7.99. The second kappa shape index (κ2) is 19.6. The van der Waals surface area contributed by atoms with E-state index in [1.807, 2.05) is 38.1 Å². The van der Waals surface area contributed by atoms with Crippen molar-refractivity contribution in [1.82, 2.24) is 19.6 Å². The SMILES string of the molecule is CCc1ccccc1-c1c(C=CC(=O)N2CCN(C(C)=O)CC2)ccc(Sc2ccc(C=CC(=O)N3CCN(C(C)=O)CC3)c(-c3ccccc3CC)c2[N+](=O)[O-])c1[N+](=O)[O-]. The molecule has 2 saturated heterocycles. The molecule has 0 N–H and O–H groups in total. The molecule has 0 radical (unpaired) electrons. The fraction of sp³-hybridized carbons (Fsp3) is 0.304. The monoisotopic (exact) mass is 844 g/mol. The number of rotatable bonds is 12. The van der Waals surface area contributed by atoms with E-state index in [1.165, 1.54) is 26.0 Å². The Morgan fingerprint density at radius 2 is 0.902 bits per heavy atom. The van der Waals surface area contributed by atoms with Gasteiger partial charge < -0.3 is 19.6 Å². The van der Waals surface area contributed by atoms with E-state index >= 15 is 0 Å². The number of piperazine rings is 2. The van der Waals surface area contributed by atoms with E-state index in [0.29, 0.717) is 87.5 Å². The molecule has 14 nitrogen and oxygen atoms in total. The second-order valence-corrected chi connectivity index (χ2v) is 15.8. The molecule has 4 amide bonds. The van der Waals surface area contributed by atoms with Crippen LogP contribution in [0.2, 0.25) is 0 Å². The highest BCUT2D eigenvalue weighted by atomic mass is 32.2. The summed E-state index contributed by atoms with van der Waals surface area (Å²) in [5, 5.41) is 26.5. The first kappa shape index (κ1) is 44.0. The van der Waals surface area contributed by atoms with Gasteiger partial charge in [-0.3, -0.25) is 39.4 Å². The number of nitrogens with zero attached hydrogens (tertiary/aromatic N) is 6. The lowest BCUT2D eigenvalue weighted by molar-refractivity contribution is -0.387. The van der Waals surface area contributed by atoms with Crippen molar-refractivity contribution < 1.29 is 29.0 Å². The van der Waals surface area contributed by atoms with Crippen molar-refractivity contribution in [2.75, 3.05) is 52.4 Å². The zero-order valence-electron chi connectivity index (χ0n) is 34.7. The van der Waals surface area contributed by atoms with E-state index in [9.17, 15) is 39.4 Å². The van der Waals surface area contributed by atoms with Crippen molar-refractivity contribution in [3.63, 3.8) is 0 Å². The van der Waals surface area contributed by atoms with Crippen LogP contribution >= 0.6 is 11.8 Å². The normalized spacial score (nSPS) is 14.5. The van der Waals surface area contributed by atoms with Gasteiger partial charge in [0.25, 0.3) is 11.4 Å². The standard InChI is InChI=1S/C46H48N6O8S/c1-5-33-11-7-9-13-37(33)43-35(17-21-41(55)49-27-23-47(24-28-49)31(3)53)15-19-39(45(43)51(57)58)61-40-20-16-36(18-22-42(56)50-29-25-48(26-30-50)32(4)54)44(46(40)52(59)60)38-14-10-8-12-34(38)6-2/h7-22H,5-6,23-30H2,1-4H3. The quantitative estimate of drug-likeness (QED) is 0.0796. The van der Waals surface area contributed by atoms with Gasteiger partial charge in [0.05, 0.1) is 30.8 Å². The number of aryl methyl sites for hydroxylation is 2. The molecule has 2 heterocycles. The molecule has 0 aliphatic carbocycles. The third-order valence-corrected chi connectivity index (χ3v) is 12.2. The van der Waals surface area contributed by atoms with Crippen LogP contribution < -0.4 is 0 Å². The van der Waals surface area contributed by atoms with Crippen molar-refractivity contribution in [1.29, 1.82) is 0 Å². The minimum atomic E-state index is -0.484. The van der Waals surface area contributed by atoms with Crippen LogP contribution in [-0.4, -0.2) is 105 Å². The molecular weight excluding hydrogens is 797 g/mol. The molecule has 15 heteroatoms. The van der Waals surface area contributed by atoms with E-state index in [-0.39, 0.29) is 55.9 Å². The van der Waals surface area contributed by atoms with Crippen LogP contribution in [0.1, 0.15) is 49.9 Å². The summed E-state index contributed by atoms with van der Waals surface area (Å²) in [5.41, 5.74) is 3.75. The van der Waals surface area contributed by atoms with Gasteiger partial charge in [0, 0.05) is 78.4 Å². The Kier molecular flexibility index (Phi) is 14.1. The molecule has 0 saturated carbocycles. The van der Waals surface area contributed by atoms with Crippen LogP contribution in [0.5, 0.6) is 0 Å². The highest BCUT2D eigenvalue weighted by Crippen LogP contribution is 2.49. The first-order valence-corrected chi connectivity index (χ1v) is 21.1. The predicted octanol–water partition coefficient (Wildman–Crippen LogP) is 7.52.